The van der Waals surface area contributed by atoms with Crippen molar-refractivity contribution in [2.45, 2.75) is 6.43 Å². The van der Waals surface area contributed by atoms with E-state index in [0.29, 0.717) is 0 Å². The Balaban J connectivity index is 3.30. The van der Waals surface area contributed by atoms with Crippen molar-refractivity contribution in [2.75, 3.05) is 24.6 Å². The van der Waals surface area contributed by atoms with Crippen LogP contribution >= 0.6 is 0 Å². The van der Waals surface area contributed by atoms with Gasteiger partial charge in [-0.15, -0.1) is 0 Å². The van der Waals surface area contributed by atoms with E-state index in [1.165, 1.54) is 0 Å². The first-order chi connectivity index (χ1) is 9.36. The van der Waals surface area contributed by atoms with Gasteiger partial charge in [-0.25, -0.2) is 8.78 Å². The molecule has 0 aromatic heterocycles. The van der Waals surface area contributed by atoms with Gasteiger partial charge in [-0.3, -0.25) is 14.9 Å². The van der Waals surface area contributed by atoms with Crippen LogP contribution in [-0.2, 0) is 0 Å². The lowest BCUT2D eigenvalue weighted by Crippen LogP contribution is -2.32. The molecule has 0 unspecified atom stereocenters. The Kier molecular flexibility index (Phi) is 5.32. The molecule has 1 aromatic rings. The molecule has 0 radical (unpaired) electrons. The van der Waals surface area contributed by atoms with Crippen LogP contribution in [0.3, 0.4) is 0 Å². The summed E-state index contributed by atoms with van der Waals surface area (Å²) >= 11 is 0. The third-order valence-corrected chi connectivity index (χ3v) is 2.53. The number of carbonyl (C=O) groups is 1. The molecule has 0 aliphatic carbocycles. The number of alkyl halides is 2. The zero-order chi connectivity index (χ0) is 15.3. The summed E-state index contributed by atoms with van der Waals surface area (Å²) < 4.78 is 25.0. The second-order valence-electron chi connectivity index (χ2n) is 3.89. The molecule has 1 amide bonds. The van der Waals surface area contributed by atoms with Crippen molar-refractivity contribution in [1.82, 2.24) is 0 Å². The first-order valence-electron chi connectivity index (χ1n) is 5.59. The zero-order valence-electron chi connectivity index (χ0n) is 10.3. The highest BCUT2D eigenvalue weighted by molar-refractivity contribution is 5.94. The van der Waals surface area contributed by atoms with Crippen molar-refractivity contribution < 1.29 is 23.6 Å². The normalized spacial score (nSPS) is 10.6. The Hall–Kier alpha value is -2.29. The largest absolute Gasteiger partial charge is 0.395 e. The number of benzene rings is 1. The summed E-state index contributed by atoms with van der Waals surface area (Å²) in [5, 5.41) is 19.8. The van der Waals surface area contributed by atoms with Gasteiger partial charge >= 0.3 is 0 Å². The maximum absolute atomic E-state index is 12.5. The van der Waals surface area contributed by atoms with Crippen LogP contribution in [0, 0.1) is 10.1 Å². The van der Waals surface area contributed by atoms with Crippen molar-refractivity contribution >= 4 is 17.3 Å². The molecule has 0 heterocycles. The summed E-state index contributed by atoms with van der Waals surface area (Å²) in [7, 11) is 0. The molecule has 7 nitrogen and oxygen atoms in total. The second kappa shape index (κ2) is 6.75. The van der Waals surface area contributed by atoms with Crippen LogP contribution in [0.15, 0.2) is 18.2 Å². The van der Waals surface area contributed by atoms with Gasteiger partial charge in [0.15, 0.2) is 0 Å². The van der Waals surface area contributed by atoms with Crippen LogP contribution in [-0.4, -0.2) is 42.1 Å². The molecule has 0 saturated heterocycles. The van der Waals surface area contributed by atoms with Crippen molar-refractivity contribution in [3.8, 4) is 0 Å². The molecule has 20 heavy (non-hydrogen) atoms. The van der Waals surface area contributed by atoms with Gasteiger partial charge in [0.05, 0.1) is 18.1 Å². The fourth-order valence-electron chi connectivity index (χ4n) is 1.68. The highest BCUT2D eigenvalue weighted by atomic mass is 19.3. The molecule has 1 aromatic carbocycles. The second-order valence-corrected chi connectivity index (χ2v) is 3.89. The standard InChI is InChI=1S/C11H13F2N3O4/c12-10(13)6-15(3-4-17)9-5-7(11(14)18)1-2-8(9)16(19)20/h1-2,5,10,17H,3-4,6H2,(H2,14,18). The Bertz CT molecular complexity index is 510. The molecule has 3 N–H and O–H groups in total. The van der Waals surface area contributed by atoms with E-state index in [-0.39, 0.29) is 17.8 Å². The van der Waals surface area contributed by atoms with E-state index in [1.807, 2.05) is 0 Å². The monoisotopic (exact) mass is 289 g/mol. The third-order valence-electron chi connectivity index (χ3n) is 2.53. The fourth-order valence-corrected chi connectivity index (χ4v) is 1.68. The van der Waals surface area contributed by atoms with Crippen LogP contribution in [0.1, 0.15) is 10.4 Å². The first kappa shape index (κ1) is 15.8. The van der Waals surface area contributed by atoms with Crippen LogP contribution in [0.4, 0.5) is 20.2 Å². The molecular weight excluding hydrogens is 276 g/mol. The number of anilines is 1. The lowest BCUT2D eigenvalue weighted by Gasteiger charge is -2.23. The van der Waals surface area contributed by atoms with Gasteiger partial charge in [-0.1, -0.05) is 0 Å². The van der Waals surface area contributed by atoms with Crippen molar-refractivity contribution in [2.24, 2.45) is 5.73 Å². The Labute approximate surface area is 112 Å². The van der Waals surface area contributed by atoms with Crippen LogP contribution in [0.5, 0.6) is 0 Å². The topological polar surface area (TPSA) is 110 Å². The Morgan fingerprint density at radius 1 is 1.50 bits per heavy atom. The SMILES string of the molecule is NC(=O)c1ccc([N+](=O)[O-])c(N(CCO)CC(F)F)c1. The number of nitrogens with two attached hydrogens (primary N) is 1. The van der Waals surface area contributed by atoms with Crippen molar-refractivity contribution in [3.05, 3.63) is 33.9 Å². The summed E-state index contributed by atoms with van der Waals surface area (Å²) in [6.07, 6.45) is -2.75. The number of rotatable bonds is 7. The molecule has 0 saturated carbocycles. The summed E-state index contributed by atoms with van der Waals surface area (Å²) in [6.45, 7) is -1.50. The molecule has 110 valence electrons. The minimum absolute atomic E-state index is 0.0391. The van der Waals surface area contributed by atoms with Gasteiger partial charge < -0.3 is 15.7 Å². The predicted molar refractivity (Wildman–Crippen MR) is 66.9 cm³/mol. The number of nitro groups is 1. The molecule has 0 aliphatic heterocycles. The van der Waals surface area contributed by atoms with Gasteiger partial charge in [-0.2, -0.15) is 0 Å². The summed E-state index contributed by atoms with van der Waals surface area (Å²) in [6, 6.07) is 3.23. The van der Waals surface area contributed by atoms with E-state index in [1.54, 1.807) is 0 Å². The van der Waals surface area contributed by atoms with Gasteiger partial charge in [0.1, 0.15) is 5.69 Å². The number of carbonyl (C=O) groups excluding carboxylic acids is 1. The number of halogens is 2. The number of aliphatic hydroxyl groups is 1. The minimum atomic E-state index is -2.75. The van der Waals surface area contributed by atoms with Gasteiger partial charge in [-0.05, 0) is 12.1 Å². The minimum Gasteiger partial charge on any atom is -0.395 e. The van der Waals surface area contributed by atoms with E-state index in [9.17, 15) is 23.7 Å². The zero-order valence-corrected chi connectivity index (χ0v) is 10.3. The van der Waals surface area contributed by atoms with E-state index in [2.05, 4.69) is 0 Å². The average molecular weight is 289 g/mol. The molecular formula is C11H13F2N3O4. The van der Waals surface area contributed by atoms with E-state index in [0.717, 1.165) is 23.1 Å². The maximum atomic E-state index is 12.5. The molecule has 0 fully saturated rings. The first-order valence-corrected chi connectivity index (χ1v) is 5.59. The van der Waals surface area contributed by atoms with E-state index >= 15 is 0 Å². The molecule has 0 atom stereocenters. The van der Waals surface area contributed by atoms with Crippen LogP contribution in [0.25, 0.3) is 0 Å². The van der Waals surface area contributed by atoms with Crippen molar-refractivity contribution in [3.63, 3.8) is 0 Å². The predicted octanol–water partition coefficient (Wildman–Crippen LogP) is 0.758. The number of hydrogen-bond donors (Lipinski definition) is 2. The van der Waals surface area contributed by atoms with Crippen LogP contribution < -0.4 is 10.6 Å². The number of primary amides is 1. The highest BCUT2D eigenvalue weighted by Gasteiger charge is 2.23. The Morgan fingerprint density at radius 2 is 2.15 bits per heavy atom. The number of hydrogen-bond acceptors (Lipinski definition) is 5. The number of nitrogens with zero attached hydrogens (tertiary/aromatic N) is 2. The van der Waals surface area contributed by atoms with Crippen molar-refractivity contribution in [1.29, 1.82) is 0 Å². The average Bonchev–Trinajstić information content (AvgIpc) is 2.36. The quantitative estimate of drug-likeness (QED) is 0.568. The summed E-state index contributed by atoms with van der Waals surface area (Å²) in [4.78, 5) is 22.2. The lowest BCUT2D eigenvalue weighted by molar-refractivity contribution is -0.384. The summed E-state index contributed by atoms with van der Waals surface area (Å²) in [5.74, 6) is -0.831. The van der Waals surface area contributed by atoms with Gasteiger partial charge in [0, 0.05) is 18.2 Å². The number of amides is 1. The lowest BCUT2D eigenvalue weighted by atomic mass is 10.1. The van der Waals surface area contributed by atoms with E-state index < -0.39 is 36.1 Å². The maximum Gasteiger partial charge on any atom is 0.292 e. The smallest absolute Gasteiger partial charge is 0.292 e. The fraction of sp³-hybridized carbons (Fsp3) is 0.364. The third kappa shape index (κ3) is 3.85. The van der Waals surface area contributed by atoms with Gasteiger partial charge in [0.25, 0.3) is 12.1 Å². The number of nitro benzene ring substituents is 1. The molecule has 0 bridgehead atoms. The Morgan fingerprint density at radius 3 is 2.60 bits per heavy atom. The molecule has 9 heteroatoms. The molecule has 0 spiro atoms. The highest BCUT2D eigenvalue weighted by Crippen LogP contribution is 2.29. The number of aliphatic hydroxyl groups excluding tert-OH is 1. The van der Waals surface area contributed by atoms with E-state index in [4.69, 9.17) is 10.8 Å². The molecule has 0 aliphatic rings. The molecule has 1 rings (SSSR count). The summed E-state index contributed by atoms with van der Waals surface area (Å²) in [5.41, 5.74) is 4.40. The van der Waals surface area contributed by atoms with Gasteiger partial charge in [0.2, 0.25) is 5.91 Å². The van der Waals surface area contributed by atoms with Crippen LogP contribution in [0.2, 0.25) is 0 Å².